The summed E-state index contributed by atoms with van der Waals surface area (Å²) >= 11 is 0. The predicted octanol–water partition coefficient (Wildman–Crippen LogP) is 4.77. The van der Waals surface area contributed by atoms with Crippen molar-refractivity contribution in [3.05, 3.63) is 40.0 Å². The van der Waals surface area contributed by atoms with Crippen LogP contribution in [0.25, 0.3) is 5.57 Å². The Labute approximate surface area is 172 Å². The van der Waals surface area contributed by atoms with Crippen LogP contribution in [0.4, 0.5) is 8.78 Å². The average Bonchev–Trinajstić information content (AvgIpc) is 2.56. The van der Waals surface area contributed by atoms with E-state index in [-0.39, 0.29) is 24.3 Å². The fourth-order valence-corrected chi connectivity index (χ4v) is 6.21. The maximum Gasteiger partial charge on any atom is 0.356 e. The molecule has 0 aromatic heterocycles. The minimum Gasteiger partial charge on any atom is -0.294 e. The van der Waals surface area contributed by atoms with Crippen LogP contribution >= 0.6 is 0 Å². The maximum absolute atomic E-state index is 13.5. The topological polar surface area (TPSA) is 54.5 Å². The second-order valence-corrected chi connectivity index (χ2v) is 11.1. The molecule has 160 valence electrons. The number of hydrogen-bond donors (Lipinski definition) is 0. The molecule has 1 aliphatic carbocycles. The molecule has 7 heteroatoms. The van der Waals surface area contributed by atoms with Crippen LogP contribution in [0, 0.1) is 26.2 Å². The Bertz CT molecular complexity index is 959. The minimum atomic E-state index is -4.65. The summed E-state index contributed by atoms with van der Waals surface area (Å²) in [7, 11) is -4.65. The summed E-state index contributed by atoms with van der Waals surface area (Å²) < 4.78 is 52.0. The Morgan fingerprint density at radius 3 is 1.97 bits per heavy atom. The molecule has 0 N–H and O–H groups in total. The number of sulfonamides is 1. The highest BCUT2D eigenvalue weighted by Crippen LogP contribution is 2.48. The van der Waals surface area contributed by atoms with E-state index in [4.69, 9.17) is 0 Å². The molecule has 1 heterocycles. The van der Waals surface area contributed by atoms with Crippen LogP contribution < -0.4 is 0 Å². The lowest BCUT2D eigenvalue weighted by molar-refractivity contribution is -0.117. The Morgan fingerprint density at radius 1 is 1.00 bits per heavy atom. The van der Waals surface area contributed by atoms with E-state index in [2.05, 4.69) is 12.1 Å². The van der Waals surface area contributed by atoms with Crippen molar-refractivity contribution in [3.63, 3.8) is 0 Å². The number of carbonyl (C=O) groups is 1. The predicted molar refractivity (Wildman–Crippen MR) is 110 cm³/mol. The zero-order valence-electron chi connectivity index (χ0n) is 17.7. The van der Waals surface area contributed by atoms with E-state index in [0.29, 0.717) is 32.6 Å². The van der Waals surface area contributed by atoms with Gasteiger partial charge in [0, 0.05) is 32.0 Å². The summed E-state index contributed by atoms with van der Waals surface area (Å²) in [6, 6.07) is 4.16. The van der Waals surface area contributed by atoms with Gasteiger partial charge in [0.25, 0.3) is 10.0 Å². The smallest absolute Gasteiger partial charge is 0.294 e. The van der Waals surface area contributed by atoms with Crippen LogP contribution in [-0.4, -0.2) is 36.9 Å². The normalized spacial score (nSPS) is 21.1. The summed E-state index contributed by atoms with van der Waals surface area (Å²) in [5, 5.41) is -3.79. The second kappa shape index (κ2) is 7.27. The Hall–Kier alpha value is -1.60. The SMILES string of the molecule is CC1=C(c2c(C)cc(C)cc2C)C(=O)CC2(CCN(S(=O)(=O)C(C)(F)F)CC2)C1. The molecule has 0 unspecified atom stereocenters. The zero-order valence-corrected chi connectivity index (χ0v) is 18.5. The molecule has 0 atom stereocenters. The summed E-state index contributed by atoms with van der Waals surface area (Å²) in [6.07, 6.45) is 1.87. The van der Waals surface area contributed by atoms with Gasteiger partial charge in [-0.3, -0.25) is 4.79 Å². The number of piperidine rings is 1. The first-order valence-corrected chi connectivity index (χ1v) is 11.4. The third kappa shape index (κ3) is 3.91. The molecule has 1 aromatic rings. The summed E-state index contributed by atoms with van der Waals surface area (Å²) in [6.45, 7) is 8.51. The van der Waals surface area contributed by atoms with E-state index in [1.165, 1.54) is 0 Å². The molecule has 0 amide bonds. The van der Waals surface area contributed by atoms with Crippen LogP contribution in [0.15, 0.2) is 17.7 Å². The Kier molecular flexibility index (Phi) is 5.54. The molecular formula is C22H29F2NO3S. The van der Waals surface area contributed by atoms with Crippen molar-refractivity contribution in [1.29, 1.82) is 0 Å². The number of aryl methyl sites for hydroxylation is 3. The minimum absolute atomic E-state index is 0.0320. The Morgan fingerprint density at radius 2 is 1.52 bits per heavy atom. The number of nitrogens with zero attached hydrogens (tertiary/aromatic N) is 1. The van der Waals surface area contributed by atoms with Crippen molar-refractivity contribution < 1.29 is 22.0 Å². The van der Waals surface area contributed by atoms with Gasteiger partial charge >= 0.3 is 5.25 Å². The highest BCUT2D eigenvalue weighted by molar-refractivity contribution is 7.90. The van der Waals surface area contributed by atoms with Gasteiger partial charge in [-0.1, -0.05) is 23.3 Å². The summed E-state index contributed by atoms with van der Waals surface area (Å²) in [5.74, 6) is 0.0703. The lowest BCUT2D eigenvalue weighted by Crippen LogP contribution is -2.49. The standard InChI is InChI=1S/C22H29F2NO3S/c1-14-10-15(2)19(16(3)11-14)20-17(4)12-22(13-18(20)26)6-8-25(9-7-22)29(27,28)21(5,23)24/h10-11H,6-9,12-13H2,1-5H3. The van der Waals surface area contributed by atoms with E-state index < -0.39 is 15.3 Å². The van der Waals surface area contributed by atoms with Crippen LogP contribution in [-0.2, 0) is 14.8 Å². The third-order valence-electron chi connectivity index (χ3n) is 6.38. The molecule has 1 saturated heterocycles. The molecule has 0 bridgehead atoms. The van der Waals surface area contributed by atoms with Crippen LogP contribution in [0.5, 0.6) is 0 Å². The van der Waals surface area contributed by atoms with E-state index in [0.717, 1.165) is 37.7 Å². The van der Waals surface area contributed by atoms with E-state index in [1.807, 2.05) is 27.7 Å². The van der Waals surface area contributed by atoms with E-state index in [1.54, 1.807) is 0 Å². The molecule has 29 heavy (non-hydrogen) atoms. The fourth-order valence-electron chi connectivity index (χ4n) is 5.09. The van der Waals surface area contributed by atoms with Gasteiger partial charge in [-0.25, -0.2) is 8.42 Å². The molecule has 1 aromatic carbocycles. The summed E-state index contributed by atoms with van der Waals surface area (Å²) in [5.41, 5.74) is 5.75. The molecule has 1 spiro atoms. The highest BCUT2D eigenvalue weighted by atomic mass is 32.2. The number of rotatable bonds is 3. The molecular weight excluding hydrogens is 396 g/mol. The van der Waals surface area contributed by atoms with Gasteiger partial charge in [-0.05, 0) is 69.1 Å². The van der Waals surface area contributed by atoms with Crippen molar-refractivity contribution >= 4 is 21.4 Å². The first-order chi connectivity index (χ1) is 13.3. The van der Waals surface area contributed by atoms with Crippen molar-refractivity contribution in [2.45, 2.75) is 65.6 Å². The van der Waals surface area contributed by atoms with Gasteiger partial charge in [-0.15, -0.1) is 0 Å². The quantitative estimate of drug-likeness (QED) is 0.701. The van der Waals surface area contributed by atoms with Gasteiger partial charge in [-0.2, -0.15) is 13.1 Å². The molecule has 4 nitrogen and oxygen atoms in total. The van der Waals surface area contributed by atoms with Crippen molar-refractivity contribution in [2.24, 2.45) is 5.41 Å². The van der Waals surface area contributed by atoms with E-state index >= 15 is 0 Å². The van der Waals surface area contributed by atoms with Crippen molar-refractivity contribution in [2.75, 3.05) is 13.1 Å². The molecule has 0 saturated carbocycles. The Balaban J connectivity index is 1.87. The zero-order chi connectivity index (χ0) is 21.8. The summed E-state index contributed by atoms with van der Waals surface area (Å²) in [4.78, 5) is 13.2. The fraction of sp³-hybridized carbons (Fsp3) is 0.591. The van der Waals surface area contributed by atoms with Crippen molar-refractivity contribution in [1.82, 2.24) is 4.31 Å². The first kappa shape index (κ1) is 22.1. The van der Waals surface area contributed by atoms with Gasteiger partial charge in [0.05, 0.1) is 0 Å². The van der Waals surface area contributed by atoms with Crippen LogP contribution in [0.1, 0.15) is 61.8 Å². The van der Waals surface area contributed by atoms with Gasteiger partial charge in [0.1, 0.15) is 0 Å². The molecule has 1 fully saturated rings. The number of Topliss-reactive ketones (excluding diaryl/α,β-unsaturated/α-hetero) is 1. The second-order valence-electron chi connectivity index (χ2n) is 8.92. The van der Waals surface area contributed by atoms with Gasteiger partial charge < -0.3 is 0 Å². The van der Waals surface area contributed by atoms with Crippen molar-refractivity contribution in [3.8, 4) is 0 Å². The molecule has 2 aliphatic rings. The number of allylic oxidation sites excluding steroid dienone is 2. The largest absolute Gasteiger partial charge is 0.356 e. The monoisotopic (exact) mass is 425 g/mol. The van der Waals surface area contributed by atoms with Crippen LogP contribution in [0.3, 0.4) is 0 Å². The average molecular weight is 426 g/mol. The third-order valence-corrected chi connectivity index (χ3v) is 8.34. The lowest BCUT2D eigenvalue weighted by atomic mass is 9.65. The van der Waals surface area contributed by atoms with Gasteiger partial charge in [0.2, 0.25) is 0 Å². The number of carbonyl (C=O) groups excluding carboxylic acids is 1. The number of halogens is 2. The number of benzene rings is 1. The van der Waals surface area contributed by atoms with Gasteiger partial charge in [0.15, 0.2) is 5.78 Å². The molecule has 0 radical (unpaired) electrons. The first-order valence-electron chi connectivity index (χ1n) is 9.96. The molecule has 3 rings (SSSR count). The number of alkyl halides is 2. The van der Waals surface area contributed by atoms with E-state index in [9.17, 15) is 22.0 Å². The molecule has 1 aliphatic heterocycles. The van der Waals surface area contributed by atoms with Crippen LogP contribution in [0.2, 0.25) is 0 Å². The number of ketones is 1. The lowest BCUT2D eigenvalue weighted by Gasteiger charge is -2.44. The number of hydrogen-bond acceptors (Lipinski definition) is 3. The highest BCUT2D eigenvalue weighted by Gasteiger charge is 2.49. The maximum atomic E-state index is 13.5.